The molecule has 25 heavy (non-hydrogen) atoms. The molecule has 0 N–H and O–H groups in total. The van der Waals surface area contributed by atoms with E-state index in [0.29, 0.717) is 19.8 Å². The summed E-state index contributed by atoms with van der Waals surface area (Å²) in [5, 5.41) is 0. The van der Waals surface area contributed by atoms with Crippen LogP contribution in [0.25, 0.3) is 11.1 Å². The Morgan fingerprint density at radius 3 is 2.32 bits per heavy atom. The third-order valence-electron chi connectivity index (χ3n) is 4.40. The van der Waals surface area contributed by atoms with Crippen molar-refractivity contribution in [2.45, 2.75) is 5.92 Å². The maximum atomic E-state index is 12.2. The summed E-state index contributed by atoms with van der Waals surface area (Å²) in [5.74, 6) is 2.47. The van der Waals surface area contributed by atoms with Crippen molar-refractivity contribution >= 4 is 6.09 Å². The number of benzene rings is 2. The van der Waals surface area contributed by atoms with Crippen LogP contribution in [0.1, 0.15) is 17.0 Å². The van der Waals surface area contributed by atoms with Gasteiger partial charge in [0.15, 0.2) is 0 Å². The quantitative estimate of drug-likeness (QED) is 0.599. The second-order valence-electron chi connectivity index (χ2n) is 5.98. The van der Waals surface area contributed by atoms with E-state index >= 15 is 0 Å². The molecule has 0 aromatic heterocycles. The van der Waals surface area contributed by atoms with Crippen molar-refractivity contribution in [3.8, 4) is 23.5 Å². The van der Waals surface area contributed by atoms with Gasteiger partial charge in [0, 0.05) is 19.5 Å². The lowest BCUT2D eigenvalue weighted by Gasteiger charge is -2.19. The molecule has 1 aliphatic carbocycles. The molecule has 4 heteroatoms. The number of hydrogen-bond donors (Lipinski definition) is 0. The zero-order valence-electron chi connectivity index (χ0n) is 14.3. The molecule has 0 spiro atoms. The van der Waals surface area contributed by atoms with Gasteiger partial charge in [-0.1, -0.05) is 54.5 Å². The second-order valence-corrected chi connectivity index (χ2v) is 5.98. The van der Waals surface area contributed by atoms with Gasteiger partial charge in [-0.25, -0.2) is 4.79 Å². The molecule has 0 aliphatic heterocycles. The highest BCUT2D eigenvalue weighted by molar-refractivity contribution is 5.79. The monoisotopic (exact) mass is 335 g/mol. The van der Waals surface area contributed by atoms with Crippen molar-refractivity contribution in [1.29, 1.82) is 0 Å². The molecule has 0 saturated heterocycles. The summed E-state index contributed by atoms with van der Waals surface area (Å²) in [4.78, 5) is 13.7. The lowest BCUT2D eigenvalue weighted by atomic mass is 9.98. The Morgan fingerprint density at radius 2 is 1.72 bits per heavy atom. The smallest absolute Gasteiger partial charge is 0.409 e. The third kappa shape index (κ3) is 3.67. The molecular weight excluding hydrogens is 314 g/mol. The van der Waals surface area contributed by atoms with Crippen molar-refractivity contribution < 1.29 is 14.3 Å². The number of ether oxygens (including phenoxy) is 2. The van der Waals surface area contributed by atoms with Gasteiger partial charge in [-0.15, -0.1) is 6.42 Å². The number of carbonyl (C=O) groups is 1. The van der Waals surface area contributed by atoms with Crippen molar-refractivity contribution in [2.24, 2.45) is 0 Å². The van der Waals surface area contributed by atoms with Crippen LogP contribution in [0.2, 0.25) is 0 Å². The minimum Gasteiger partial charge on any atom is -0.448 e. The third-order valence-corrected chi connectivity index (χ3v) is 4.40. The maximum absolute atomic E-state index is 12.2. The number of carbonyl (C=O) groups excluding carboxylic acids is 1. The molecular formula is C21H21NO3. The first-order valence-corrected chi connectivity index (χ1v) is 8.29. The van der Waals surface area contributed by atoms with Crippen LogP contribution in [-0.4, -0.2) is 44.4 Å². The molecule has 2 aromatic carbocycles. The van der Waals surface area contributed by atoms with Gasteiger partial charge in [0.1, 0.15) is 13.2 Å². The molecule has 0 fully saturated rings. The van der Waals surface area contributed by atoms with E-state index in [9.17, 15) is 4.79 Å². The Balaban J connectivity index is 1.63. The average molecular weight is 335 g/mol. The van der Waals surface area contributed by atoms with E-state index < -0.39 is 0 Å². The molecule has 0 unspecified atom stereocenters. The van der Waals surface area contributed by atoms with E-state index in [1.807, 2.05) is 24.3 Å². The van der Waals surface area contributed by atoms with Crippen molar-refractivity contribution in [3.63, 3.8) is 0 Å². The van der Waals surface area contributed by atoms with Crippen LogP contribution in [-0.2, 0) is 9.47 Å². The molecule has 0 saturated carbocycles. The van der Waals surface area contributed by atoms with Crippen molar-refractivity contribution in [2.75, 3.05) is 33.4 Å². The number of likely N-dealkylation sites (N-methyl/N-ethyl adjacent to an activating group) is 1. The fraction of sp³-hybridized carbons (Fsp3) is 0.286. The predicted molar refractivity (Wildman–Crippen MR) is 97.4 cm³/mol. The second kappa shape index (κ2) is 7.87. The number of terminal acetylenes is 1. The molecule has 0 atom stereocenters. The number of fused-ring (bicyclic) bond motifs is 3. The van der Waals surface area contributed by atoms with Gasteiger partial charge >= 0.3 is 6.09 Å². The standard InChI is InChI=1S/C21H21NO3/c1-3-13-24-14-12-22(2)21(23)25-15-20-18-10-6-4-8-16(18)17-9-5-7-11-19(17)20/h1,4-11,20H,12-15H2,2H3. The van der Waals surface area contributed by atoms with Gasteiger partial charge in [-0.3, -0.25) is 0 Å². The van der Waals surface area contributed by atoms with Crippen LogP contribution in [0.4, 0.5) is 4.79 Å². The maximum Gasteiger partial charge on any atom is 0.409 e. The van der Waals surface area contributed by atoms with E-state index in [1.165, 1.54) is 27.2 Å². The zero-order chi connectivity index (χ0) is 17.6. The van der Waals surface area contributed by atoms with E-state index in [2.05, 4.69) is 30.2 Å². The summed E-state index contributed by atoms with van der Waals surface area (Å²) in [6.07, 6.45) is 4.77. The molecule has 3 rings (SSSR count). The summed E-state index contributed by atoms with van der Waals surface area (Å²) in [6, 6.07) is 16.6. The molecule has 0 bridgehead atoms. The Hall–Kier alpha value is -2.77. The summed E-state index contributed by atoms with van der Waals surface area (Å²) in [7, 11) is 1.69. The van der Waals surface area contributed by atoms with Gasteiger partial charge < -0.3 is 14.4 Å². The van der Waals surface area contributed by atoms with Crippen LogP contribution in [0.5, 0.6) is 0 Å². The minimum absolute atomic E-state index is 0.0717. The van der Waals surface area contributed by atoms with Crippen LogP contribution in [0, 0.1) is 12.3 Å². The fourth-order valence-electron chi connectivity index (χ4n) is 3.13. The van der Waals surface area contributed by atoms with Gasteiger partial charge in [0.2, 0.25) is 0 Å². The Morgan fingerprint density at radius 1 is 1.12 bits per heavy atom. The zero-order valence-corrected chi connectivity index (χ0v) is 14.3. The molecule has 1 amide bonds. The van der Waals surface area contributed by atoms with Gasteiger partial charge in [-0.2, -0.15) is 0 Å². The summed E-state index contributed by atoms with van der Waals surface area (Å²) >= 11 is 0. The first-order valence-electron chi connectivity index (χ1n) is 8.29. The SMILES string of the molecule is C#CCOCCN(C)C(=O)OCC1c2ccccc2-c2ccccc21. The minimum atomic E-state index is -0.355. The lowest BCUT2D eigenvalue weighted by molar-refractivity contribution is 0.0902. The lowest BCUT2D eigenvalue weighted by Crippen LogP contribution is -2.31. The van der Waals surface area contributed by atoms with E-state index in [1.54, 1.807) is 7.05 Å². The van der Waals surface area contributed by atoms with E-state index in [-0.39, 0.29) is 18.6 Å². The van der Waals surface area contributed by atoms with Gasteiger partial charge in [0.25, 0.3) is 0 Å². The summed E-state index contributed by atoms with van der Waals surface area (Å²) < 4.78 is 10.7. The highest BCUT2D eigenvalue weighted by Crippen LogP contribution is 2.44. The normalized spacial score (nSPS) is 12.2. The predicted octanol–water partition coefficient (Wildman–Crippen LogP) is 3.52. The number of nitrogens with zero attached hydrogens (tertiary/aromatic N) is 1. The number of rotatable bonds is 6. The Labute approximate surface area is 148 Å². The Kier molecular flexibility index (Phi) is 5.37. The first-order chi connectivity index (χ1) is 12.2. The highest BCUT2D eigenvalue weighted by atomic mass is 16.6. The van der Waals surface area contributed by atoms with Crippen molar-refractivity contribution in [1.82, 2.24) is 4.90 Å². The average Bonchev–Trinajstić information content (AvgIpc) is 2.97. The Bertz CT molecular complexity index is 748. The molecule has 0 heterocycles. The van der Waals surface area contributed by atoms with Gasteiger partial charge in [0.05, 0.1) is 6.61 Å². The molecule has 1 aliphatic rings. The molecule has 0 radical (unpaired) electrons. The summed E-state index contributed by atoms with van der Waals surface area (Å²) in [5.41, 5.74) is 4.85. The molecule has 128 valence electrons. The van der Waals surface area contributed by atoms with Crippen LogP contribution in [0.15, 0.2) is 48.5 Å². The topological polar surface area (TPSA) is 38.8 Å². The molecule has 2 aromatic rings. The fourth-order valence-corrected chi connectivity index (χ4v) is 3.13. The van der Waals surface area contributed by atoms with Crippen LogP contribution < -0.4 is 0 Å². The van der Waals surface area contributed by atoms with Crippen molar-refractivity contribution in [3.05, 3.63) is 59.7 Å². The summed E-state index contributed by atoms with van der Waals surface area (Å²) in [6.45, 7) is 1.41. The van der Waals surface area contributed by atoms with E-state index in [0.717, 1.165) is 0 Å². The highest BCUT2D eigenvalue weighted by Gasteiger charge is 2.29. The van der Waals surface area contributed by atoms with Crippen LogP contribution in [0.3, 0.4) is 0 Å². The first kappa shape index (κ1) is 17.1. The number of amides is 1. The number of hydrogen-bond acceptors (Lipinski definition) is 3. The van der Waals surface area contributed by atoms with Crippen LogP contribution >= 0.6 is 0 Å². The van der Waals surface area contributed by atoms with Gasteiger partial charge in [-0.05, 0) is 22.3 Å². The largest absolute Gasteiger partial charge is 0.448 e. The molecule has 4 nitrogen and oxygen atoms in total. The van der Waals surface area contributed by atoms with E-state index in [4.69, 9.17) is 15.9 Å².